The number of hydrogen-bond acceptors (Lipinski definition) is 3. The van der Waals surface area contributed by atoms with Crippen LogP contribution in [-0.2, 0) is 6.54 Å². The first-order valence-corrected chi connectivity index (χ1v) is 5.74. The van der Waals surface area contributed by atoms with Crippen LogP contribution in [0.3, 0.4) is 0 Å². The van der Waals surface area contributed by atoms with Crippen LogP contribution in [0.5, 0.6) is 0 Å². The van der Waals surface area contributed by atoms with Crippen molar-refractivity contribution in [2.45, 2.75) is 6.54 Å². The SMILES string of the molecule is c1cnn(-c2ccc(NCc3ccn[nH]3)cc2)c1. The molecule has 2 N–H and O–H groups in total. The Morgan fingerprint density at radius 3 is 2.67 bits per heavy atom. The lowest BCUT2D eigenvalue weighted by molar-refractivity contribution is 0.880. The lowest BCUT2D eigenvalue weighted by Crippen LogP contribution is -2.00. The maximum Gasteiger partial charge on any atom is 0.0647 e. The Hall–Kier alpha value is -2.56. The third kappa shape index (κ3) is 2.24. The first-order chi connectivity index (χ1) is 8.92. The molecule has 0 bridgehead atoms. The summed E-state index contributed by atoms with van der Waals surface area (Å²) in [6.07, 6.45) is 5.44. The van der Waals surface area contributed by atoms with E-state index >= 15 is 0 Å². The molecule has 1 aromatic carbocycles. The molecule has 5 heteroatoms. The van der Waals surface area contributed by atoms with Gasteiger partial charge >= 0.3 is 0 Å². The third-order valence-corrected chi connectivity index (χ3v) is 2.68. The number of H-pyrrole nitrogens is 1. The summed E-state index contributed by atoms with van der Waals surface area (Å²) in [6, 6.07) is 12.0. The van der Waals surface area contributed by atoms with E-state index in [1.54, 1.807) is 12.4 Å². The summed E-state index contributed by atoms with van der Waals surface area (Å²) in [7, 11) is 0. The molecule has 2 aromatic heterocycles. The van der Waals surface area contributed by atoms with Crippen LogP contribution >= 0.6 is 0 Å². The minimum absolute atomic E-state index is 0.737. The highest BCUT2D eigenvalue weighted by Gasteiger charge is 1.97. The van der Waals surface area contributed by atoms with Crippen molar-refractivity contribution < 1.29 is 0 Å². The molecule has 3 rings (SSSR count). The van der Waals surface area contributed by atoms with Crippen molar-refractivity contribution in [1.29, 1.82) is 0 Å². The first-order valence-electron chi connectivity index (χ1n) is 5.74. The van der Waals surface area contributed by atoms with Crippen molar-refractivity contribution in [3.8, 4) is 5.69 Å². The van der Waals surface area contributed by atoms with E-state index in [4.69, 9.17) is 0 Å². The van der Waals surface area contributed by atoms with Gasteiger partial charge in [0.05, 0.1) is 17.9 Å². The molecular formula is C13H13N5. The lowest BCUT2D eigenvalue weighted by Gasteiger charge is -2.06. The van der Waals surface area contributed by atoms with Gasteiger partial charge in [-0.05, 0) is 36.4 Å². The molecule has 0 saturated heterocycles. The van der Waals surface area contributed by atoms with Gasteiger partial charge in [0.1, 0.15) is 0 Å². The number of anilines is 1. The summed E-state index contributed by atoms with van der Waals surface area (Å²) in [6.45, 7) is 0.737. The second kappa shape index (κ2) is 4.75. The molecular weight excluding hydrogens is 226 g/mol. The van der Waals surface area contributed by atoms with Crippen LogP contribution < -0.4 is 5.32 Å². The molecule has 0 saturated carbocycles. The predicted octanol–water partition coefficient (Wildman–Crippen LogP) is 2.21. The number of aromatic amines is 1. The molecule has 0 aliphatic heterocycles. The lowest BCUT2D eigenvalue weighted by atomic mass is 10.2. The highest BCUT2D eigenvalue weighted by molar-refractivity contribution is 5.48. The largest absolute Gasteiger partial charge is 0.379 e. The maximum absolute atomic E-state index is 4.19. The zero-order chi connectivity index (χ0) is 12.2. The van der Waals surface area contributed by atoms with Crippen LogP contribution in [0.15, 0.2) is 55.0 Å². The highest BCUT2D eigenvalue weighted by Crippen LogP contribution is 2.13. The summed E-state index contributed by atoms with van der Waals surface area (Å²) in [5.74, 6) is 0. The number of benzene rings is 1. The molecule has 0 radical (unpaired) electrons. The monoisotopic (exact) mass is 239 g/mol. The Bertz CT molecular complexity index is 581. The summed E-state index contributed by atoms with van der Waals surface area (Å²) in [5.41, 5.74) is 3.18. The maximum atomic E-state index is 4.19. The van der Waals surface area contributed by atoms with Crippen molar-refractivity contribution in [2.24, 2.45) is 0 Å². The van der Waals surface area contributed by atoms with Crippen molar-refractivity contribution in [3.05, 3.63) is 60.7 Å². The molecule has 0 aliphatic rings. The molecule has 0 aliphatic carbocycles. The van der Waals surface area contributed by atoms with Crippen molar-refractivity contribution >= 4 is 5.69 Å². The topological polar surface area (TPSA) is 58.5 Å². The fourth-order valence-corrected chi connectivity index (χ4v) is 1.73. The van der Waals surface area contributed by atoms with Crippen LogP contribution in [0.4, 0.5) is 5.69 Å². The van der Waals surface area contributed by atoms with Crippen LogP contribution in [-0.4, -0.2) is 20.0 Å². The van der Waals surface area contributed by atoms with E-state index in [1.807, 2.05) is 47.3 Å². The van der Waals surface area contributed by atoms with Gasteiger partial charge < -0.3 is 5.32 Å². The van der Waals surface area contributed by atoms with Crippen molar-refractivity contribution in [1.82, 2.24) is 20.0 Å². The number of aromatic nitrogens is 4. The van der Waals surface area contributed by atoms with Gasteiger partial charge in [0.2, 0.25) is 0 Å². The minimum atomic E-state index is 0.737. The zero-order valence-electron chi connectivity index (χ0n) is 9.74. The molecule has 90 valence electrons. The van der Waals surface area contributed by atoms with E-state index in [-0.39, 0.29) is 0 Å². The Morgan fingerprint density at radius 2 is 2.00 bits per heavy atom. The van der Waals surface area contributed by atoms with Crippen molar-refractivity contribution in [3.63, 3.8) is 0 Å². The second-order valence-electron chi connectivity index (χ2n) is 3.93. The fraction of sp³-hybridized carbons (Fsp3) is 0.0769. The van der Waals surface area contributed by atoms with E-state index in [1.165, 1.54) is 0 Å². The third-order valence-electron chi connectivity index (χ3n) is 2.68. The second-order valence-corrected chi connectivity index (χ2v) is 3.93. The normalized spacial score (nSPS) is 10.4. The Morgan fingerprint density at radius 1 is 1.11 bits per heavy atom. The number of hydrogen-bond donors (Lipinski definition) is 2. The Labute approximate surface area is 104 Å². The van der Waals surface area contributed by atoms with Gasteiger partial charge in [-0.15, -0.1) is 0 Å². The van der Waals surface area contributed by atoms with Crippen LogP contribution in [0.2, 0.25) is 0 Å². The molecule has 0 atom stereocenters. The van der Waals surface area contributed by atoms with Gasteiger partial charge in [-0.3, -0.25) is 5.10 Å². The van der Waals surface area contributed by atoms with Gasteiger partial charge in [0.15, 0.2) is 0 Å². The molecule has 3 aromatic rings. The molecule has 2 heterocycles. The molecule has 0 spiro atoms. The summed E-state index contributed by atoms with van der Waals surface area (Å²) < 4.78 is 1.83. The van der Waals surface area contributed by atoms with E-state index in [0.717, 1.165) is 23.6 Å². The smallest absolute Gasteiger partial charge is 0.0647 e. The molecule has 5 nitrogen and oxygen atoms in total. The average Bonchev–Trinajstić information content (AvgIpc) is 3.10. The fourth-order valence-electron chi connectivity index (χ4n) is 1.73. The van der Waals surface area contributed by atoms with Gasteiger partial charge in [0.25, 0.3) is 0 Å². The summed E-state index contributed by atoms with van der Waals surface area (Å²) in [5, 5.41) is 14.3. The molecule has 0 unspecified atom stereocenters. The zero-order valence-corrected chi connectivity index (χ0v) is 9.74. The average molecular weight is 239 g/mol. The first kappa shape index (κ1) is 10.6. The molecule has 18 heavy (non-hydrogen) atoms. The van der Waals surface area contributed by atoms with E-state index < -0.39 is 0 Å². The quantitative estimate of drug-likeness (QED) is 0.733. The number of nitrogens with one attached hydrogen (secondary N) is 2. The predicted molar refractivity (Wildman–Crippen MR) is 69.5 cm³/mol. The van der Waals surface area contributed by atoms with Gasteiger partial charge in [-0.1, -0.05) is 0 Å². The van der Waals surface area contributed by atoms with Crippen LogP contribution in [0.1, 0.15) is 5.69 Å². The highest BCUT2D eigenvalue weighted by atomic mass is 15.3. The minimum Gasteiger partial charge on any atom is -0.379 e. The van der Waals surface area contributed by atoms with Crippen molar-refractivity contribution in [2.75, 3.05) is 5.32 Å². The molecule has 0 fully saturated rings. The standard InChI is InChI=1S/C13H13N5/c1-7-16-18(9-1)13-4-2-11(3-5-13)14-10-12-6-8-15-17-12/h1-9,14H,10H2,(H,15,17). The number of nitrogens with zero attached hydrogens (tertiary/aromatic N) is 3. The van der Waals surface area contributed by atoms with Gasteiger partial charge in [-0.2, -0.15) is 10.2 Å². The Kier molecular flexibility index (Phi) is 2.79. The Balaban J connectivity index is 1.68. The van der Waals surface area contributed by atoms with E-state index in [0.29, 0.717) is 0 Å². The summed E-state index contributed by atoms with van der Waals surface area (Å²) in [4.78, 5) is 0. The van der Waals surface area contributed by atoms with Crippen LogP contribution in [0, 0.1) is 0 Å². The van der Waals surface area contributed by atoms with Gasteiger partial charge in [0, 0.05) is 24.3 Å². The van der Waals surface area contributed by atoms with E-state index in [9.17, 15) is 0 Å². The van der Waals surface area contributed by atoms with E-state index in [2.05, 4.69) is 20.6 Å². The number of rotatable bonds is 4. The van der Waals surface area contributed by atoms with Crippen LogP contribution in [0.25, 0.3) is 5.69 Å². The summed E-state index contributed by atoms with van der Waals surface area (Å²) >= 11 is 0. The molecule has 0 amide bonds. The van der Waals surface area contributed by atoms with Gasteiger partial charge in [-0.25, -0.2) is 4.68 Å².